The van der Waals surface area contributed by atoms with Gasteiger partial charge in [-0.15, -0.1) is 0 Å². The van der Waals surface area contributed by atoms with Crippen LogP contribution in [-0.2, 0) is 9.53 Å². The van der Waals surface area contributed by atoms with Gasteiger partial charge in [-0.25, -0.2) is 0 Å². The van der Waals surface area contributed by atoms with Crippen molar-refractivity contribution < 1.29 is 19.4 Å². The number of anilines is 1. The quantitative estimate of drug-likeness (QED) is 0.614. The number of amides is 2. The Morgan fingerprint density at radius 1 is 1.20 bits per heavy atom. The molecule has 0 saturated heterocycles. The predicted octanol–water partition coefficient (Wildman–Crippen LogP) is 0.774. The van der Waals surface area contributed by atoms with E-state index in [0.29, 0.717) is 37.4 Å². The van der Waals surface area contributed by atoms with Gasteiger partial charge in [0.25, 0.3) is 5.91 Å². The minimum Gasteiger partial charge on any atom is -0.394 e. The first-order chi connectivity index (χ1) is 9.63. The molecule has 0 radical (unpaired) electrons. The van der Waals surface area contributed by atoms with Crippen LogP contribution in [0.3, 0.4) is 0 Å². The van der Waals surface area contributed by atoms with Crippen molar-refractivity contribution in [2.24, 2.45) is 0 Å². The van der Waals surface area contributed by atoms with Crippen molar-refractivity contribution >= 4 is 17.5 Å². The second kappa shape index (κ2) is 9.06. The molecule has 6 heteroatoms. The fraction of sp³-hybridized carbons (Fsp3) is 0.429. The summed E-state index contributed by atoms with van der Waals surface area (Å²) in [4.78, 5) is 22.7. The van der Waals surface area contributed by atoms with Crippen molar-refractivity contribution in [1.29, 1.82) is 0 Å². The smallest absolute Gasteiger partial charge is 0.251 e. The minimum atomic E-state index is -0.165. The van der Waals surface area contributed by atoms with Crippen molar-refractivity contribution in [2.75, 3.05) is 31.7 Å². The summed E-state index contributed by atoms with van der Waals surface area (Å²) >= 11 is 0. The van der Waals surface area contributed by atoms with Crippen LogP contribution in [0.5, 0.6) is 0 Å². The molecular weight excluding hydrogens is 260 g/mol. The lowest BCUT2D eigenvalue weighted by atomic mass is 10.2. The molecule has 1 rings (SSSR count). The number of aliphatic hydroxyl groups is 1. The van der Waals surface area contributed by atoms with Crippen molar-refractivity contribution in [2.45, 2.75) is 13.3 Å². The molecule has 0 saturated carbocycles. The molecule has 1 aromatic rings. The summed E-state index contributed by atoms with van der Waals surface area (Å²) < 4.78 is 5.08. The van der Waals surface area contributed by atoms with E-state index in [0.717, 1.165) is 0 Å². The first-order valence-corrected chi connectivity index (χ1v) is 6.48. The van der Waals surface area contributed by atoms with Crippen LogP contribution in [0, 0.1) is 0 Å². The van der Waals surface area contributed by atoms with E-state index < -0.39 is 0 Å². The van der Waals surface area contributed by atoms with Crippen LogP contribution in [0.1, 0.15) is 23.7 Å². The standard InChI is InChI=1S/C14H20N2O4/c1-11(18)16-13-5-3-12(4-6-13)14(19)15-7-2-9-20-10-8-17/h3-6,17H,2,7-10H2,1H3,(H,15,19)(H,16,18). The number of ether oxygens (including phenoxy) is 1. The van der Waals surface area contributed by atoms with Gasteiger partial charge >= 0.3 is 0 Å². The molecule has 2 amide bonds. The summed E-state index contributed by atoms with van der Waals surface area (Å²) in [6.45, 7) is 2.77. The van der Waals surface area contributed by atoms with Gasteiger partial charge in [-0.3, -0.25) is 9.59 Å². The molecule has 0 unspecified atom stereocenters. The molecule has 1 aromatic carbocycles. The van der Waals surface area contributed by atoms with Gasteiger partial charge < -0.3 is 20.5 Å². The lowest BCUT2D eigenvalue weighted by Crippen LogP contribution is -2.25. The van der Waals surface area contributed by atoms with Crippen molar-refractivity contribution in [3.8, 4) is 0 Å². The van der Waals surface area contributed by atoms with E-state index >= 15 is 0 Å². The number of rotatable bonds is 8. The van der Waals surface area contributed by atoms with Gasteiger partial charge in [0.1, 0.15) is 0 Å². The second-order valence-electron chi connectivity index (χ2n) is 4.20. The molecule has 0 aromatic heterocycles. The fourth-order valence-corrected chi connectivity index (χ4v) is 1.55. The lowest BCUT2D eigenvalue weighted by molar-refractivity contribution is -0.114. The van der Waals surface area contributed by atoms with E-state index in [1.807, 2.05) is 0 Å². The molecule has 0 spiro atoms. The molecule has 6 nitrogen and oxygen atoms in total. The Bertz CT molecular complexity index is 431. The molecule has 0 aliphatic carbocycles. The first-order valence-electron chi connectivity index (χ1n) is 6.48. The normalized spacial score (nSPS) is 10.1. The number of nitrogens with one attached hydrogen (secondary N) is 2. The van der Waals surface area contributed by atoms with E-state index in [9.17, 15) is 9.59 Å². The zero-order valence-corrected chi connectivity index (χ0v) is 11.5. The first kappa shape index (κ1) is 16.1. The molecule has 0 aliphatic rings. The Morgan fingerprint density at radius 3 is 2.50 bits per heavy atom. The van der Waals surface area contributed by atoms with E-state index in [4.69, 9.17) is 9.84 Å². The maximum Gasteiger partial charge on any atom is 0.251 e. The number of carbonyl (C=O) groups is 2. The highest BCUT2D eigenvalue weighted by molar-refractivity contribution is 5.95. The van der Waals surface area contributed by atoms with Gasteiger partial charge in [0.2, 0.25) is 5.91 Å². The molecule has 0 aliphatic heterocycles. The second-order valence-corrected chi connectivity index (χ2v) is 4.20. The number of benzene rings is 1. The number of hydrogen-bond donors (Lipinski definition) is 3. The SMILES string of the molecule is CC(=O)Nc1ccc(C(=O)NCCCOCCO)cc1. The van der Waals surface area contributed by atoms with Gasteiger partial charge in [0.15, 0.2) is 0 Å². The van der Waals surface area contributed by atoms with Crippen LogP contribution in [0.4, 0.5) is 5.69 Å². The van der Waals surface area contributed by atoms with Crippen LogP contribution in [0.25, 0.3) is 0 Å². The van der Waals surface area contributed by atoms with E-state index in [1.165, 1.54) is 6.92 Å². The number of aliphatic hydroxyl groups excluding tert-OH is 1. The van der Waals surface area contributed by atoms with Crippen molar-refractivity contribution in [3.05, 3.63) is 29.8 Å². The Labute approximate surface area is 118 Å². The van der Waals surface area contributed by atoms with Gasteiger partial charge in [-0.05, 0) is 30.7 Å². The highest BCUT2D eigenvalue weighted by Gasteiger charge is 2.04. The Kier molecular flexibility index (Phi) is 7.31. The molecule has 0 fully saturated rings. The van der Waals surface area contributed by atoms with E-state index in [-0.39, 0.29) is 18.4 Å². The van der Waals surface area contributed by atoms with Crippen LogP contribution in [0.2, 0.25) is 0 Å². The monoisotopic (exact) mass is 280 g/mol. The third-order valence-electron chi connectivity index (χ3n) is 2.45. The summed E-state index contributed by atoms with van der Waals surface area (Å²) in [5.74, 6) is -0.313. The lowest BCUT2D eigenvalue weighted by Gasteiger charge is -2.07. The average Bonchev–Trinajstić information content (AvgIpc) is 2.42. The number of hydrogen-bond acceptors (Lipinski definition) is 4. The molecular formula is C14H20N2O4. The molecule has 110 valence electrons. The highest BCUT2D eigenvalue weighted by Crippen LogP contribution is 2.09. The third kappa shape index (κ3) is 6.31. The van der Waals surface area contributed by atoms with Gasteiger partial charge in [-0.2, -0.15) is 0 Å². The third-order valence-corrected chi connectivity index (χ3v) is 2.45. The van der Waals surface area contributed by atoms with E-state index in [1.54, 1.807) is 24.3 Å². The van der Waals surface area contributed by atoms with Gasteiger partial charge in [0.05, 0.1) is 13.2 Å². The maximum absolute atomic E-state index is 11.8. The Hall–Kier alpha value is -1.92. The van der Waals surface area contributed by atoms with Crippen LogP contribution in [0.15, 0.2) is 24.3 Å². The minimum absolute atomic E-state index is 0.00695. The van der Waals surface area contributed by atoms with Gasteiger partial charge in [-0.1, -0.05) is 0 Å². The van der Waals surface area contributed by atoms with Gasteiger partial charge in [0, 0.05) is 31.3 Å². The Morgan fingerprint density at radius 2 is 1.90 bits per heavy atom. The zero-order valence-electron chi connectivity index (χ0n) is 11.5. The van der Waals surface area contributed by atoms with Crippen molar-refractivity contribution in [3.63, 3.8) is 0 Å². The average molecular weight is 280 g/mol. The molecule has 0 bridgehead atoms. The summed E-state index contributed by atoms with van der Waals surface area (Å²) in [5.41, 5.74) is 1.20. The summed E-state index contributed by atoms with van der Waals surface area (Å²) in [6, 6.07) is 6.67. The fourth-order valence-electron chi connectivity index (χ4n) is 1.55. The van der Waals surface area contributed by atoms with Crippen LogP contribution in [-0.4, -0.2) is 43.3 Å². The Balaban J connectivity index is 2.30. The molecule has 0 atom stereocenters. The van der Waals surface area contributed by atoms with E-state index in [2.05, 4.69) is 10.6 Å². The topological polar surface area (TPSA) is 87.7 Å². The zero-order chi connectivity index (χ0) is 14.8. The summed E-state index contributed by atoms with van der Waals surface area (Å²) in [5, 5.41) is 13.9. The molecule has 20 heavy (non-hydrogen) atoms. The van der Waals surface area contributed by atoms with Crippen LogP contribution >= 0.6 is 0 Å². The maximum atomic E-state index is 11.8. The highest BCUT2D eigenvalue weighted by atomic mass is 16.5. The predicted molar refractivity (Wildman–Crippen MR) is 75.6 cm³/mol. The van der Waals surface area contributed by atoms with Crippen LogP contribution < -0.4 is 10.6 Å². The summed E-state index contributed by atoms with van der Waals surface area (Å²) in [7, 11) is 0. The molecule has 0 heterocycles. The van der Waals surface area contributed by atoms with Crippen molar-refractivity contribution in [1.82, 2.24) is 5.32 Å². The molecule has 3 N–H and O–H groups in total. The summed E-state index contributed by atoms with van der Waals surface area (Å²) in [6.07, 6.45) is 0.690. The number of carbonyl (C=O) groups excluding carboxylic acids is 2. The largest absolute Gasteiger partial charge is 0.394 e.